The number of hydrogen-bond acceptors (Lipinski definition) is 5. The van der Waals surface area contributed by atoms with Crippen molar-refractivity contribution in [1.82, 2.24) is 5.32 Å². The summed E-state index contributed by atoms with van der Waals surface area (Å²) in [5, 5.41) is 6.14. The van der Waals surface area contributed by atoms with Crippen molar-refractivity contribution in [2.24, 2.45) is 0 Å². The molecule has 0 saturated carbocycles. The van der Waals surface area contributed by atoms with Crippen LogP contribution in [-0.2, 0) is 11.2 Å². The smallest absolute Gasteiger partial charge is 0.225 e. The van der Waals surface area contributed by atoms with Crippen molar-refractivity contribution in [2.45, 2.75) is 12.8 Å². The normalized spacial score (nSPS) is 10.3. The van der Waals surface area contributed by atoms with Crippen LogP contribution in [0.2, 0.25) is 0 Å². The Bertz CT molecular complexity index is 719. The van der Waals surface area contributed by atoms with Gasteiger partial charge in [0.15, 0.2) is 11.5 Å². The van der Waals surface area contributed by atoms with Gasteiger partial charge in [-0.3, -0.25) is 4.79 Å². The Labute approximate surface area is 154 Å². The average molecular weight is 358 g/mol. The Hall–Kier alpha value is -2.73. The zero-order valence-electron chi connectivity index (χ0n) is 15.5. The Balaban J connectivity index is 1.71. The van der Waals surface area contributed by atoms with Crippen molar-refractivity contribution in [1.29, 1.82) is 0 Å². The van der Waals surface area contributed by atoms with E-state index >= 15 is 0 Å². The van der Waals surface area contributed by atoms with Crippen molar-refractivity contribution >= 4 is 11.6 Å². The van der Waals surface area contributed by atoms with E-state index in [4.69, 9.17) is 14.2 Å². The lowest BCUT2D eigenvalue weighted by Gasteiger charge is -2.11. The number of carbonyl (C=O) groups is 1. The van der Waals surface area contributed by atoms with Crippen LogP contribution in [0.3, 0.4) is 0 Å². The second-order valence-corrected chi connectivity index (χ2v) is 5.69. The number of benzene rings is 2. The van der Waals surface area contributed by atoms with Crippen molar-refractivity contribution in [3.8, 4) is 17.2 Å². The van der Waals surface area contributed by atoms with Crippen molar-refractivity contribution in [3.63, 3.8) is 0 Å². The first kappa shape index (κ1) is 19.6. The Morgan fingerprint density at radius 3 is 2.35 bits per heavy atom. The van der Waals surface area contributed by atoms with Crippen LogP contribution in [0.5, 0.6) is 17.2 Å². The first-order valence-electron chi connectivity index (χ1n) is 8.52. The first-order valence-corrected chi connectivity index (χ1v) is 8.52. The summed E-state index contributed by atoms with van der Waals surface area (Å²) in [5.41, 5.74) is 1.83. The highest BCUT2D eigenvalue weighted by molar-refractivity contribution is 5.92. The highest BCUT2D eigenvalue weighted by Crippen LogP contribution is 2.27. The third-order valence-electron chi connectivity index (χ3n) is 3.95. The molecule has 0 saturated heterocycles. The molecule has 0 aliphatic rings. The van der Waals surface area contributed by atoms with Crippen LogP contribution in [0.15, 0.2) is 42.5 Å². The monoisotopic (exact) mass is 358 g/mol. The Morgan fingerprint density at radius 2 is 1.62 bits per heavy atom. The van der Waals surface area contributed by atoms with Gasteiger partial charge >= 0.3 is 0 Å². The molecular formula is C20H26N2O4. The summed E-state index contributed by atoms with van der Waals surface area (Å²) in [7, 11) is 4.83. The lowest BCUT2D eigenvalue weighted by molar-refractivity contribution is -0.116. The second kappa shape index (κ2) is 10.3. The molecule has 140 valence electrons. The van der Waals surface area contributed by atoms with Crippen LogP contribution >= 0.6 is 0 Å². The van der Waals surface area contributed by atoms with E-state index in [0.29, 0.717) is 24.4 Å². The minimum atomic E-state index is -0.0480. The summed E-state index contributed by atoms with van der Waals surface area (Å²) < 4.78 is 15.8. The molecule has 2 aromatic rings. The van der Waals surface area contributed by atoms with Crippen molar-refractivity contribution in [3.05, 3.63) is 48.0 Å². The number of rotatable bonds is 10. The number of methoxy groups -OCH3 is 3. The fourth-order valence-electron chi connectivity index (χ4n) is 2.56. The minimum Gasteiger partial charge on any atom is -0.495 e. The molecule has 0 aliphatic carbocycles. The van der Waals surface area contributed by atoms with Gasteiger partial charge in [0.25, 0.3) is 0 Å². The molecule has 1 amide bonds. The van der Waals surface area contributed by atoms with Gasteiger partial charge in [-0.25, -0.2) is 0 Å². The van der Waals surface area contributed by atoms with Crippen molar-refractivity contribution in [2.75, 3.05) is 39.7 Å². The molecule has 0 fully saturated rings. The molecular weight excluding hydrogens is 332 g/mol. The molecule has 2 rings (SSSR count). The summed E-state index contributed by atoms with van der Waals surface area (Å²) in [6, 6.07) is 13.2. The average Bonchev–Trinajstić information content (AvgIpc) is 2.67. The topological polar surface area (TPSA) is 68.8 Å². The van der Waals surface area contributed by atoms with Crippen LogP contribution in [0.25, 0.3) is 0 Å². The van der Waals surface area contributed by atoms with Gasteiger partial charge in [-0.2, -0.15) is 0 Å². The Kier molecular flexibility index (Phi) is 7.76. The number of nitrogens with one attached hydrogen (secondary N) is 2. The van der Waals surface area contributed by atoms with Gasteiger partial charge in [0.05, 0.1) is 27.0 Å². The van der Waals surface area contributed by atoms with Crippen molar-refractivity contribution < 1.29 is 19.0 Å². The fraction of sp³-hybridized carbons (Fsp3) is 0.350. The van der Waals surface area contributed by atoms with Gasteiger partial charge in [-0.15, -0.1) is 0 Å². The molecule has 0 heterocycles. The number of anilines is 1. The van der Waals surface area contributed by atoms with E-state index in [0.717, 1.165) is 30.0 Å². The quantitative estimate of drug-likeness (QED) is 0.639. The van der Waals surface area contributed by atoms with Gasteiger partial charge in [-0.05, 0) is 42.8 Å². The van der Waals surface area contributed by atoms with Gasteiger partial charge < -0.3 is 24.8 Å². The molecule has 6 nitrogen and oxygen atoms in total. The maximum absolute atomic E-state index is 12.0. The van der Waals surface area contributed by atoms with Gasteiger partial charge in [-0.1, -0.05) is 18.2 Å². The molecule has 2 N–H and O–H groups in total. The summed E-state index contributed by atoms with van der Waals surface area (Å²) in [4.78, 5) is 12.0. The number of ether oxygens (including phenoxy) is 3. The highest BCUT2D eigenvalue weighted by Gasteiger charge is 2.07. The van der Waals surface area contributed by atoms with Crippen LogP contribution in [-0.4, -0.2) is 40.3 Å². The second-order valence-electron chi connectivity index (χ2n) is 5.69. The van der Waals surface area contributed by atoms with E-state index in [2.05, 4.69) is 10.6 Å². The van der Waals surface area contributed by atoms with Crippen LogP contribution in [0, 0.1) is 0 Å². The predicted molar refractivity (Wildman–Crippen MR) is 102 cm³/mol. The molecule has 0 aliphatic heterocycles. The fourth-order valence-corrected chi connectivity index (χ4v) is 2.56. The molecule has 6 heteroatoms. The zero-order valence-corrected chi connectivity index (χ0v) is 15.5. The minimum absolute atomic E-state index is 0.0480. The molecule has 0 aromatic heterocycles. The lowest BCUT2D eigenvalue weighted by Crippen LogP contribution is -2.23. The molecule has 0 radical (unpaired) electrons. The molecule has 0 spiro atoms. The third kappa shape index (κ3) is 5.67. The third-order valence-corrected chi connectivity index (χ3v) is 3.95. The maximum Gasteiger partial charge on any atom is 0.225 e. The van der Waals surface area contributed by atoms with E-state index in [1.807, 2.05) is 42.5 Å². The standard InChI is InChI=1S/C20H26N2O4/c1-24-17-7-5-4-6-16(17)22-20(23)11-13-21-12-10-15-8-9-18(25-2)19(14-15)26-3/h4-9,14,21H,10-13H2,1-3H3,(H,22,23). The molecule has 2 aromatic carbocycles. The van der Waals surface area contributed by atoms with E-state index in [1.54, 1.807) is 21.3 Å². The van der Waals surface area contributed by atoms with Gasteiger partial charge in [0, 0.05) is 13.0 Å². The van der Waals surface area contributed by atoms with Gasteiger partial charge in [0.1, 0.15) is 5.75 Å². The van der Waals surface area contributed by atoms with Crippen LogP contribution < -0.4 is 24.8 Å². The SMILES string of the molecule is COc1ccccc1NC(=O)CCNCCc1ccc(OC)c(OC)c1. The van der Waals surface area contributed by atoms with E-state index in [-0.39, 0.29) is 5.91 Å². The van der Waals surface area contributed by atoms with Crippen LogP contribution in [0.4, 0.5) is 5.69 Å². The largest absolute Gasteiger partial charge is 0.495 e. The summed E-state index contributed by atoms with van der Waals surface area (Å²) in [6.45, 7) is 1.38. The van der Waals surface area contributed by atoms with E-state index in [1.165, 1.54) is 0 Å². The zero-order chi connectivity index (χ0) is 18.8. The highest BCUT2D eigenvalue weighted by atomic mass is 16.5. The van der Waals surface area contributed by atoms with Gasteiger partial charge in [0.2, 0.25) is 5.91 Å². The number of para-hydroxylation sites is 2. The first-order chi connectivity index (χ1) is 12.7. The van der Waals surface area contributed by atoms with E-state index in [9.17, 15) is 4.79 Å². The number of amides is 1. The maximum atomic E-state index is 12.0. The number of carbonyl (C=O) groups excluding carboxylic acids is 1. The summed E-state index contributed by atoms with van der Waals surface area (Å²) in [5.74, 6) is 2.05. The summed E-state index contributed by atoms with van der Waals surface area (Å²) in [6.07, 6.45) is 1.23. The van der Waals surface area contributed by atoms with Crippen LogP contribution in [0.1, 0.15) is 12.0 Å². The number of hydrogen-bond donors (Lipinski definition) is 2. The Morgan fingerprint density at radius 1 is 0.885 bits per heavy atom. The molecule has 0 bridgehead atoms. The molecule has 0 unspecified atom stereocenters. The lowest BCUT2D eigenvalue weighted by atomic mass is 10.1. The molecule has 26 heavy (non-hydrogen) atoms. The predicted octanol–water partition coefficient (Wildman–Crippen LogP) is 2.87. The van der Waals surface area contributed by atoms with E-state index < -0.39 is 0 Å². The molecule has 0 atom stereocenters. The summed E-state index contributed by atoms with van der Waals surface area (Å²) >= 11 is 0.